The van der Waals surface area contributed by atoms with E-state index < -0.39 is 36.4 Å². The lowest BCUT2D eigenvalue weighted by atomic mass is 9.96. The molecule has 1 aliphatic heterocycles. The first kappa shape index (κ1) is 16.7. The Kier molecular flexibility index (Phi) is 5.79. The summed E-state index contributed by atoms with van der Waals surface area (Å²) in [5.41, 5.74) is 0. The summed E-state index contributed by atoms with van der Waals surface area (Å²) in [7, 11) is 0. The Morgan fingerprint density at radius 1 is 1.35 bits per heavy atom. The van der Waals surface area contributed by atoms with Gasteiger partial charge in [0.25, 0.3) is 0 Å². The van der Waals surface area contributed by atoms with Crippen LogP contribution in [0.25, 0.3) is 0 Å². The summed E-state index contributed by atoms with van der Waals surface area (Å²) in [6, 6.07) is 0. The van der Waals surface area contributed by atoms with Crippen LogP contribution in [0.3, 0.4) is 0 Å². The molecule has 0 spiro atoms. The van der Waals surface area contributed by atoms with Gasteiger partial charge in [0.1, 0.15) is 0 Å². The average Bonchev–Trinajstić information content (AvgIpc) is 2.79. The predicted octanol–water partition coefficient (Wildman–Crippen LogP) is 1.52. The fourth-order valence-electron chi connectivity index (χ4n) is 2.22. The quantitative estimate of drug-likeness (QED) is 0.755. The second-order valence-electron chi connectivity index (χ2n) is 4.69. The first-order chi connectivity index (χ1) is 9.27. The van der Waals surface area contributed by atoms with Gasteiger partial charge in [0.15, 0.2) is 0 Å². The largest absolute Gasteiger partial charge is 0.481 e. The number of aliphatic carboxylic acids is 1. The van der Waals surface area contributed by atoms with Crippen LogP contribution in [0.5, 0.6) is 0 Å². The van der Waals surface area contributed by atoms with Gasteiger partial charge in [-0.1, -0.05) is 0 Å². The number of hydrogen-bond acceptors (Lipinski definition) is 3. The molecule has 1 aliphatic rings. The second-order valence-corrected chi connectivity index (χ2v) is 4.69. The molecule has 1 fully saturated rings. The molecule has 0 aliphatic carbocycles. The van der Waals surface area contributed by atoms with E-state index in [1.807, 2.05) is 0 Å². The van der Waals surface area contributed by atoms with Crippen LogP contribution in [0.15, 0.2) is 0 Å². The Bertz CT molecular complexity index is 359. The minimum atomic E-state index is -4.61. The Labute approximate surface area is 114 Å². The van der Waals surface area contributed by atoms with E-state index in [9.17, 15) is 22.8 Å². The number of halogens is 3. The summed E-state index contributed by atoms with van der Waals surface area (Å²) in [5.74, 6) is -5.54. The maximum absolute atomic E-state index is 12.7. The van der Waals surface area contributed by atoms with Crippen molar-refractivity contribution in [1.82, 2.24) is 4.90 Å². The van der Waals surface area contributed by atoms with Gasteiger partial charge >= 0.3 is 12.1 Å². The fourth-order valence-corrected chi connectivity index (χ4v) is 2.22. The fraction of sp³-hybridized carbons (Fsp3) is 0.833. The molecule has 0 aromatic heterocycles. The van der Waals surface area contributed by atoms with Gasteiger partial charge < -0.3 is 14.7 Å². The molecule has 0 saturated carbocycles. The van der Waals surface area contributed by atoms with Crippen LogP contribution in [0, 0.1) is 11.8 Å². The first-order valence-corrected chi connectivity index (χ1v) is 6.42. The molecule has 0 bridgehead atoms. The van der Waals surface area contributed by atoms with E-state index in [1.165, 1.54) is 0 Å². The van der Waals surface area contributed by atoms with E-state index in [4.69, 9.17) is 9.84 Å². The van der Waals surface area contributed by atoms with Crippen molar-refractivity contribution >= 4 is 11.9 Å². The Balaban J connectivity index is 2.57. The third-order valence-electron chi connectivity index (χ3n) is 3.29. The Morgan fingerprint density at radius 3 is 2.45 bits per heavy atom. The van der Waals surface area contributed by atoms with E-state index in [-0.39, 0.29) is 13.0 Å². The van der Waals surface area contributed by atoms with Crippen molar-refractivity contribution in [2.24, 2.45) is 11.8 Å². The number of ether oxygens (including phenoxy) is 1. The third-order valence-corrected chi connectivity index (χ3v) is 3.29. The zero-order valence-electron chi connectivity index (χ0n) is 11.2. The molecular weight excluding hydrogens is 279 g/mol. The number of nitrogens with zero attached hydrogens (tertiary/aromatic N) is 1. The number of alkyl halides is 3. The van der Waals surface area contributed by atoms with E-state index in [0.29, 0.717) is 19.6 Å². The third kappa shape index (κ3) is 4.36. The normalized spacial score (nSPS) is 23.1. The van der Waals surface area contributed by atoms with Crippen LogP contribution >= 0.6 is 0 Å². The highest BCUT2D eigenvalue weighted by Crippen LogP contribution is 2.37. The van der Waals surface area contributed by atoms with Crippen molar-refractivity contribution in [3.63, 3.8) is 0 Å². The summed E-state index contributed by atoms with van der Waals surface area (Å²) in [6.07, 6.45) is -4.13. The summed E-state index contributed by atoms with van der Waals surface area (Å²) < 4.78 is 43.3. The molecular formula is C12H18F3NO4. The van der Waals surface area contributed by atoms with Crippen LogP contribution < -0.4 is 0 Å². The molecule has 0 radical (unpaired) electrons. The van der Waals surface area contributed by atoms with Crippen molar-refractivity contribution < 1.29 is 32.6 Å². The molecule has 5 nitrogen and oxygen atoms in total. The molecule has 1 saturated heterocycles. The van der Waals surface area contributed by atoms with Gasteiger partial charge in [-0.05, 0) is 13.3 Å². The highest BCUT2D eigenvalue weighted by atomic mass is 19.4. The van der Waals surface area contributed by atoms with Gasteiger partial charge in [0.05, 0.1) is 11.8 Å². The molecule has 20 heavy (non-hydrogen) atoms. The van der Waals surface area contributed by atoms with Crippen molar-refractivity contribution in [2.75, 3.05) is 26.3 Å². The van der Waals surface area contributed by atoms with Crippen molar-refractivity contribution in [2.45, 2.75) is 25.9 Å². The lowest BCUT2D eigenvalue weighted by Gasteiger charge is -2.18. The number of carboxylic acids is 1. The molecule has 0 aromatic rings. The average molecular weight is 297 g/mol. The second kappa shape index (κ2) is 6.92. The molecule has 0 aromatic carbocycles. The van der Waals surface area contributed by atoms with Crippen LogP contribution in [-0.4, -0.2) is 54.4 Å². The van der Waals surface area contributed by atoms with Gasteiger partial charge in [0, 0.05) is 32.7 Å². The highest BCUT2D eigenvalue weighted by Gasteiger charge is 2.53. The maximum atomic E-state index is 12.7. The number of hydrogen-bond donors (Lipinski definition) is 1. The van der Waals surface area contributed by atoms with Gasteiger partial charge in [-0.15, -0.1) is 0 Å². The molecule has 116 valence electrons. The van der Waals surface area contributed by atoms with Gasteiger partial charge in [-0.25, -0.2) is 0 Å². The van der Waals surface area contributed by atoms with Crippen molar-refractivity contribution in [3.8, 4) is 0 Å². The number of carbonyl (C=O) groups excluding carboxylic acids is 1. The zero-order valence-corrected chi connectivity index (χ0v) is 11.2. The van der Waals surface area contributed by atoms with Gasteiger partial charge in [-0.2, -0.15) is 13.2 Å². The topological polar surface area (TPSA) is 66.8 Å². The summed E-state index contributed by atoms with van der Waals surface area (Å²) in [5, 5.41) is 8.83. The molecule has 1 N–H and O–H groups in total. The summed E-state index contributed by atoms with van der Waals surface area (Å²) in [6.45, 7) is 1.71. The van der Waals surface area contributed by atoms with E-state index in [1.54, 1.807) is 6.92 Å². The smallest absolute Gasteiger partial charge is 0.394 e. The van der Waals surface area contributed by atoms with Gasteiger partial charge in [-0.3, -0.25) is 9.59 Å². The van der Waals surface area contributed by atoms with E-state index in [2.05, 4.69) is 0 Å². The lowest BCUT2D eigenvalue weighted by molar-refractivity contribution is -0.188. The Hall–Kier alpha value is -1.31. The van der Waals surface area contributed by atoms with Crippen LogP contribution in [0.2, 0.25) is 0 Å². The minimum absolute atomic E-state index is 0.0664. The van der Waals surface area contributed by atoms with Crippen molar-refractivity contribution in [3.05, 3.63) is 0 Å². The minimum Gasteiger partial charge on any atom is -0.481 e. The van der Waals surface area contributed by atoms with E-state index >= 15 is 0 Å². The molecule has 2 atom stereocenters. The highest BCUT2D eigenvalue weighted by molar-refractivity contribution is 5.79. The van der Waals surface area contributed by atoms with Crippen molar-refractivity contribution in [1.29, 1.82) is 0 Å². The SMILES string of the molecule is CCOCCCC(=O)N1C[C@@H](C(F)(F)F)[C@H](C(=O)O)C1. The molecule has 1 rings (SSSR count). The molecule has 0 unspecified atom stereocenters. The molecule has 8 heteroatoms. The predicted molar refractivity (Wildman–Crippen MR) is 63.0 cm³/mol. The number of carboxylic acid groups (broad SMARTS) is 1. The molecule has 1 amide bonds. The standard InChI is InChI=1S/C12H18F3NO4/c1-2-20-5-3-4-10(17)16-6-8(11(18)19)9(7-16)12(13,14)15/h8-9H,2-7H2,1H3,(H,18,19)/t8-,9-/m1/s1. The van der Waals surface area contributed by atoms with Gasteiger partial charge in [0.2, 0.25) is 5.91 Å². The van der Waals surface area contributed by atoms with Crippen LogP contribution in [-0.2, 0) is 14.3 Å². The van der Waals surface area contributed by atoms with E-state index in [0.717, 1.165) is 4.90 Å². The van der Waals surface area contributed by atoms with Crippen LogP contribution in [0.1, 0.15) is 19.8 Å². The maximum Gasteiger partial charge on any atom is 0.394 e. The number of likely N-dealkylation sites (tertiary alicyclic amines) is 1. The molecule has 1 heterocycles. The number of carbonyl (C=O) groups is 2. The lowest BCUT2D eigenvalue weighted by Crippen LogP contribution is -2.34. The monoisotopic (exact) mass is 297 g/mol. The van der Waals surface area contributed by atoms with Crippen LogP contribution in [0.4, 0.5) is 13.2 Å². The Morgan fingerprint density at radius 2 is 2.00 bits per heavy atom. The summed E-state index contributed by atoms with van der Waals surface area (Å²) >= 11 is 0. The first-order valence-electron chi connectivity index (χ1n) is 6.42. The summed E-state index contributed by atoms with van der Waals surface area (Å²) in [4.78, 5) is 23.6. The zero-order chi connectivity index (χ0) is 15.3. The number of rotatable bonds is 6. The number of amides is 1.